The SMILES string of the molecule is COCc1nc2sc(CC(C)C)nn2c1C=O. The molecular formula is C11H15N3O2S. The molecule has 17 heavy (non-hydrogen) atoms. The van der Waals surface area contributed by atoms with Crippen LogP contribution < -0.4 is 0 Å². The Kier molecular flexibility index (Phi) is 3.54. The lowest BCUT2D eigenvalue weighted by Gasteiger charge is -1.98. The summed E-state index contributed by atoms with van der Waals surface area (Å²) in [6, 6.07) is 0. The summed E-state index contributed by atoms with van der Waals surface area (Å²) >= 11 is 1.53. The molecule has 92 valence electrons. The second kappa shape index (κ2) is 4.93. The minimum absolute atomic E-state index is 0.337. The fourth-order valence-electron chi connectivity index (χ4n) is 1.64. The number of carbonyl (C=O) groups is 1. The van der Waals surface area contributed by atoms with Crippen LogP contribution in [0, 0.1) is 5.92 Å². The zero-order chi connectivity index (χ0) is 12.4. The van der Waals surface area contributed by atoms with E-state index in [4.69, 9.17) is 4.74 Å². The van der Waals surface area contributed by atoms with E-state index in [1.54, 1.807) is 11.6 Å². The molecule has 0 atom stereocenters. The maximum Gasteiger partial charge on any atom is 0.213 e. The Morgan fingerprint density at radius 3 is 2.88 bits per heavy atom. The quantitative estimate of drug-likeness (QED) is 0.764. The molecule has 0 aliphatic heterocycles. The van der Waals surface area contributed by atoms with E-state index in [1.165, 1.54) is 11.3 Å². The van der Waals surface area contributed by atoms with Gasteiger partial charge in [0.2, 0.25) is 4.96 Å². The van der Waals surface area contributed by atoms with E-state index < -0.39 is 0 Å². The molecule has 0 aromatic carbocycles. The lowest BCUT2D eigenvalue weighted by Crippen LogP contribution is -2.00. The third-order valence-electron chi connectivity index (χ3n) is 2.33. The highest BCUT2D eigenvalue weighted by Crippen LogP contribution is 2.20. The van der Waals surface area contributed by atoms with Crippen LogP contribution in [0.2, 0.25) is 0 Å². The van der Waals surface area contributed by atoms with Crippen LogP contribution in [0.5, 0.6) is 0 Å². The summed E-state index contributed by atoms with van der Waals surface area (Å²) in [4.78, 5) is 16.2. The van der Waals surface area contributed by atoms with Gasteiger partial charge in [-0.1, -0.05) is 25.2 Å². The Bertz CT molecular complexity index is 530. The number of methoxy groups -OCH3 is 1. The average molecular weight is 253 g/mol. The van der Waals surface area contributed by atoms with Crippen LogP contribution in [0.1, 0.15) is 35.0 Å². The van der Waals surface area contributed by atoms with Crippen molar-refractivity contribution in [3.63, 3.8) is 0 Å². The van der Waals surface area contributed by atoms with E-state index in [-0.39, 0.29) is 0 Å². The summed E-state index contributed by atoms with van der Waals surface area (Å²) in [6.07, 6.45) is 1.69. The molecule has 0 aliphatic rings. The van der Waals surface area contributed by atoms with Crippen LogP contribution >= 0.6 is 11.3 Å². The number of rotatable bonds is 5. The summed E-state index contributed by atoms with van der Waals surface area (Å²) in [5.74, 6) is 0.545. The first-order valence-electron chi connectivity index (χ1n) is 5.47. The van der Waals surface area contributed by atoms with Gasteiger partial charge in [-0.2, -0.15) is 9.61 Å². The number of ether oxygens (including phenoxy) is 1. The van der Waals surface area contributed by atoms with E-state index in [9.17, 15) is 4.79 Å². The van der Waals surface area contributed by atoms with Gasteiger partial charge in [-0.25, -0.2) is 4.98 Å². The summed E-state index contributed by atoms with van der Waals surface area (Å²) in [5.41, 5.74) is 1.14. The van der Waals surface area contributed by atoms with Crippen molar-refractivity contribution in [3.05, 3.63) is 16.4 Å². The van der Waals surface area contributed by atoms with Crippen LogP contribution in [0.4, 0.5) is 0 Å². The Morgan fingerprint density at radius 2 is 2.29 bits per heavy atom. The van der Waals surface area contributed by atoms with Crippen molar-refractivity contribution in [1.82, 2.24) is 14.6 Å². The first kappa shape index (κ1) is 12.2. The Balaban J connectivity index is 2.42. The highest BCUT2D eigenvalue weighted by molar-refractivity contribution is 7.16. The van der Waals surface area contributed by atoms with Crippen molar-refractivity contribution in [2.24, 2.45) is 5.92 Å². The van der Waals surface area contributed by atoms with Gasteiger partial charge in [-0.3, -0.25) is 4.79 Å². The Hall–Kier alpha value is -1.27. The molecule has 0 N–H and O–H groups in total. The van der Waals surface area contributed by atoms with Gasteiger partial charge >= 0.3 is 0 Å². The summed E-state index contributed by atoms with van der Waals surface area (Å²) in [5, 5.41) is 5.42. The van der Waals surface area contributed by atoms with Gasteiger partial charge in [-0.15, -0.1) is 0 Å². The predicted octanol–water partition coefficient (Wildman–Crippen LogP) is 1.95. The number of fused-ring (bicyclic) bond motifs is 1. The number of imidazole rings is 1. The summed E-state index contributed by atoms with van der Waals surface area (Å²) in [7, 11) is 1.58. The third kappa shape index (κ3) is 2.37. The predicted molar refractivity (Wildman–Crippen MR) is 65.5 cm³/mol. The van der Waals surface area contributed by atoms with Gasteiger partial charge < -0.3 is 4.74 Å². The maximum absolute atomic E-state index is 11.1. The zero-order valence-electron chi connectivity index (χ0n) is 10.1. The lowest BCUT2D eigenvalue weighted by molar-refractivity contribution is 0.111. The second-order valence-corrected chi connectivity index (χ2v) is 5.32. The number of carbonyl (C=O) groups excluding carboxylic acids is 1. The number of nitrogens with zero attached hydrogens (tertiary/aromatic N) is 3. The highest BCUT2D eigenvalue weighted by atomic mass is 32.1. The standard InChI is InChI=1S/C11H15N3O2S/c1-7(2)4-10-13-14-9(5-15)8(6-16-3)12-11(14)17-10/h5,7H,4,6H2,1-3H3. The monoisotopic (exact) mass is 253 g/mol. The molecule has 6 heteroatoms. The smallest absolute Gasteiger partial charge is 0.213 e. The van der Waals surface area contributed by atoms with Gasteiger partial charge in [0.15, 0.2) is 6.29 Å². The largest absolute Gasteiger partial charge is 0.378 e. The van der Waals surface area contributed by atoms with E-state index in [2.05, 4.69) is 23.9 Å². The number of hydrogen-bond donors (Lipinski definition) is 0. The molecule has 0 aliphatic carbocycles. The van der Waals surface area contributed by atoms with Crippen molar-refractivity contribution >= 4 is 22.6 Å². The Morgan fingerprint density at radius 1 is 1.53 bits per heavy atom. The number of aldehydes is 1. The molecule has 0 unspecified atom stereocenters. The van der Waals surface area contributed by atoms with Crippen LogP contribution in [0.3, 0.4) is 0 Å². The summed E-state index contributed by atoms with van der Waals surface area (Å²) < 4.78 is 6.62. The normalized spacial score (nSPS) is 11.5. The molecule has 0 spiro atoms. The molecule has 2 aromatic rings. The number of aromatic nitrogens is 3. The molecule has 0 radical (unpaired) electrons. The minimum Gasteiger partial charge on any atom is -0.378 e. The average Bonchev–Trinajstić information content (AvgIpc) is 2.73. The van der Waals surface area contributed by atoms with Crippen LogP contribution in [-0.2, 0) is 17.8 Å². The maximum atomic E-state index is 11.1. The van der Waals surface area contributed by atoms with Crippen molar-refractivity contribution in [1.29, 1.82) is 0 Å². The molecule has 0 saturated heterocycles. The summed E-state index contributed by atoms with van der Waals surface area (Å²) in [6.45, 7) is 4.62. The minimum atomic E-state index is 0.337. The van der Waals surface area contributed by atoms with E-state index >= 15 is 0 Å². The molecule has 0 bridgehead atoms. The molecule has 0 amide bonds. The third-order valence-corrected chi connectivity index (χ3v) is 3.26. The van der Waals surface area contributed by atoms with Crippen LogP contribution in [-0.4, -0.2) is 28.0 Å². The first-order valence-corrected chi connectivity index (χ1v) is 6.28. The molecule has 5 nitrogen and oxygen atoms in total. The number of hydrogen-bond acceptors (Lipinski definition) is 5. The van der Waals surface area contributed by atoms with Crippen molar-refractivity contribution in [2.45, 2.75) is 26.9 Å². The fourth-order valence-corrected chi connectivity index (χ4v) is 2.77. The molecule has 2 heterocycles. The fraction of sp³-hybridized carbons (Fsp3) is 0.545. The van der Waals surface area contributed by atoms with Gasteiger partial charge in [0.1, 0.15) is 10.7 Å². The van der Waals surface area contributed by atoms with Crippen molar-refractivity contribution < 1.29 is 9.53 Å². The first-order chi connectivity index (χ1) is 8.15. The van der Waals surface area contributed by atoms with Crippen LogP contribution in [0.15, 0.2) is 0 Å². The van der Waals surface area contributed by atoms with Crippen molar-refractivity contribution in [3.8, 4) is 0 Å². The van der Waals surface area contributed by atoms with E-state index in [1.807, 2.05) is 0 Å². The van der Waals surface area contributed by atoms with Gasteiger partial charge in [0.05, 0.1) is 12.3 Å². The van der Waals surface area contributed by atoms with Gasteiger partial charge in [0.25, 0.3) is 0 Å². The zero-order valence-corrected chi connectivity index (χ0v) is 11.0. The van der Waals surface area contributed by atoms with E-state index in [0.29, 0.717) is 23.9 Å². The lowest BCUT2D eigenvalue weighted by atomic mass is 10.1. The molecule has 2 aromatic heterocycles. The highest BCUT2D eigenvalue weighted by Gasteiger charge is 2.16. The second-order valence-electron chi connectivity index (χ2n) is 4.28. The van der Waals surface area contributed by atoms with Gasteiger partial charge in [-0.05, 0) is 5.92 Å². The molecule has 0 saturated carbocycles. The topological polar surface area (TPSA) is 56.5 Å². The van der Waals surface area contributed by atoms with Gasteiger partial charge in [0, 0.05) is 13.5 Å². The molecule has 2 rings (SSSR count). The Labute approximate surface area is 103 Å². The van der Waals surface area contributed by atoms with Crippen LogP contribution in [0.25, 0.3) is 4.96 Å². The van der Waals surface area contributed by atoms with Crippen molar-refractivity contribution in [2.75, 3.05) is 7.11 Å². The molecule has 0 fully saturated rings. The van der Waals surface area contributed by atoms with E-state index in [0.717, 1.165) is 22.7 Å². The molecular weight excluding hydrogens is 238 g/mol.